The zero-order valence-electron chi connectivity index (χ0n) is 13.6. The smallest absolute Gasteiger partial charge is 0.277 e. The Labute approximate surface area is 144 Å². The van der Waals surface area contributed by atoms with Crippen LogP contribution in [0.2, 0.25) is 0 Å². The van der Waals surface area contributed by atoms with E-state index in [1.807, 2.05) is 24.3 Å². The Morgan fingerprint density at radius 3 is 2.92 bits per heavy atom. The first-order chi connectivity index (χ1) is 11.9. The highest BCUT2D eigenvalue weighted by atomic mass is 32.2. The van der Waals surface area contributed by atoms with Gasteiger partial charge >= 0.3 is 0 Å². The van der Waals surface area contributed by atoms with Gasteiger partial charge in [-0.1, -0.05) is 18.2 Å². The molecule has 1 aliphatic heterocycles. The lowest BCUT2D eigenvalue weighted by Crippen LogP contribution is -2.20. The lowest BCUT2D eigenvalue weighted by Gasteiger charge is -2.13. The van der Waals surface area contributed by atoms with Gasteiger partial charge in [-0.25, -0.2) is 13.1 Å². The zero-order valence-corrected chi connectivity index (χ0v) is 14.4. The highest BCUT2D eigenvalue weighted by molar-refractivity contribution is 7.91. The van der Waals surface area contributed by atoms with Crippen LogP contribution in [0.5, 0.6) is 0 Å². The number of carbonyl (C=O) groups excluding carboxylic acids is 1. The van der Waals surface area contributed by atoms with E-state index in [-0.39, 0.29) is 23.5 Å². The molecule has 0 spiro atoms. The predicted octanol–water partition coefficient (Wildman–Crippen LogP) is 1.68. The van der Waals surface area contributed by atoms with Gasteiger partial charge in [0.15, 0.2) is 15.5 Å². The molecule has 2 aromatic heterocycles. The quantitative estimate of drug-likeness (QED) is 0.739. The van der Waals surface area contributed by atoms with Crippen molar-refractivity contribution in [2.45, 2.75) is 19.4 Å². The van der Waals surface area contributed by atoms with E-state index in [1.165, 1.54) is 0 Å². The van der Waals surface area contributed by atoms with E-state index in [2.05, 4.69) is 20.6 Å². The molecule has 0 radical (unpaired) electrons. The van der Waals surface area contributed by atoms with Crippen molar-refractivity contribution in [2.75, 3.05) is 16.8 Å². The van der Waals surface area contributed by atoms with Crippen LogP contribution in [0.3, 0.4) is 0 Å². The lowest BCUT2D eigenvalue weighted by atomic mass is 10.2. The molecule has 1 saturated heterocycles. The van der Waals surface area contributed by atoms with Gasteiger partial charge < -0.3 is 5.32 Å². The SMILES string of the molecule is Cc1cc(NC(=O)c2n[nH]c3ccccc23)n(C2CCS(=O)(=O)C2)n1. The molecule has 1 aliphatic rings. The fraction of sp³-hybridized carbons (Fsp3) is 0.312. The molecule has 1 unspecified atom stereocenters. The molecule has 1 fully saturated rings. The summed E-state index contributed by atoms with van der Waals surface area (Å²) in [5, 5.41) is 14.8. The summed E-state index contributed by atoms with van der Waals surface area (Å²) in [7, 11) is -3.04. The number of carbonyl (C=O) groups is 1. The number of nitrogens with one attached hydrogen (secondary N) is 2. The van der Waals surface area contributed by atoms with Crippen LogP contribution in [0.1, 0.15) is 28.6 Å². The number of anilines is 1. The number of H-pyrrole nitrogens is 1. The van der Waals surface area contributed by atoms with E-state index in [1.54, 1.807) is 17.7 Å². The average Bonchev–Trinajstić information content (AvgIpc) is 3.24. The van der Waals surface area contributed by atoms with Crippen LogP contribution >= 0.6 is 0 Å². The predicted molar refractivity (Wildman–Crippen MR) is 93.3 cm³/mol. The molecule has 25 heavy (non-hydrogen) atoms. The molecular formula is C16H17N5O3S. The van der Waals surface area contributed by atoms with Crippen molar-refractivity contribution in [3.8, 4) is 0 Å². The number of sulfone groups is 1. The summed E-state index contributed by atoms with van der Waals surface area (Å²) < 4.78 is 25.1. The fourth-order valence-corrected chi connectivity index (χ4v) is 4.86. The normalized spacial score (nSPS) is 19.3. The number of hydrogen-bond acceptors (Lipinski definition) is 5. The van der Waals surface area contributed by atoms with Crippen LogP contribution in [0.15, 0.2) is 30.3 Å². The van der Waals surface area contributed by atoms with E-state index in [9.17, 15) is 13.2 Å². The van der Waals surface area contributed by atoms with Crippen molar-refractivity contribution < 1.29 is 13.2 Å². The highest BCUT2D eigenvalue weighted by Gasteiger charge is 2.31. The van der Waals surface area contributed by atoms with E-state index in [0.29, 0.717) is 23.6 Å². The molecule has 9 heteroatoms. The number of nitrogens with zero attached hydrogens (tertiary/aromatic N) is 3. The number of fused-ring (bicyclic) bond motifs is 1. The van der Waals surface area contributed by atoms with Crippen molar-refractivity contribution >= 4 is 32.5 Å². The van der Waals surface area contributed by atoms with Gasteiger partial charge in [0.25, 0.3) is 5.91 Å². The first-order valence-corrected chi connectivity index (χ1v) is 9.76. The Morgan fingerprint density at radius 2 is 2.16 bits per heavy atom. The van der Waals surface area contributed by atoms with E-state index in [0.717, 1.165) is 10.9 Å². The number of aromatic amines is 1. The van der Waals surface area contributed by atoms with Crippen molar-refractivity contribution in [2.24, 2.45) is 0 Å². The molecule has 1 aromatic carbocycles. The standard InChI is InChI=1S/C16H17N5O3S/c1-10-8-14(21(20-10)11-6-7-25(23,24)9-11)17-16(22)15-12-4-2-3-5-13(12)18-19-15/h2-5,8,11H,6-7,9H2,1H3,(H,17,22)(H,18,19). The molecule has 1 atom stereocenters. The summed E-state index contributed by atoms with van der Waals surface area (Å²) in [5.41, 5.74) is 1.78. The minimum absolute atomic E-state index is 0.0440. The summed E-state index contributed by atoms with van der Waals surface area (Å²) >= 11 is 0. The molecule has 0 bridgehead atoms. The van der Waals surface area contributed by atoms with Gasteiger partial charge in [-0.15, -0.1) is 0 Å². The van der Waals surface area contributed by atoms with Gasteiger partial charge in [-0.2, -0.15) is 10.2 Å². The van der Waals surface area contributed by atoms with Crippen molar-refractivity contribution in [1.29, 1.82) is 0 Å². The van der Waals surface area contributed by atoms with Gasteiger partial charge in [0.2, 0.25) is 0 Å². The fourth-order valence-electron chi connectivity index (χ4n) is 3.17. The summed E-state index contributed by atoms with van der Waals surface area (Å²) in [6.45, 7) is 1.81. The third-order valence-electron chi connectivity index (χ3n) is 4.34. The van der Waals surface area contributed by atoms with Crippen molar-refractivity contribution in [3.05, 3.63) is 41.7 Å². The Hall–Kier alpha value is -2.68. The molecule has 0 saturated carbocycles. The van der Waals surface area contributed by atoms with Crippen LogP contribution in [0, 0.1) is 6.92 Å². The maximum Gasteiger partial charge on any atom is 0.277 e. The summed E-state index contributed by atoms with van der Waals surface area (Å²) in [6, 6.07) is 8.84. The summed E-state index contributed by atoms with van der Waals surface area (Å²) in [4.78, 5) is 12.6. The number of benzene rings is 1. The first-order valence-electron chi connectivity index (χ1n) is 7.94. The molecule has 0 aliphatic carbocycles. The summed E-state index contributed by atoms with van der Waals surface area (Å²) in [5.74, 6) is 0.312. The number of amides is 1. The second kappa shape index (κ2) is 5.69. The number of hydrogen-bond donors (Lipinski definition) is 2. The molecule has 2 N–H and O–H groups in total. The lowest BCUT2D eigenvalue weighted by molar-refractivity contribution is 0.102. The number of rotatable bonds is 3. The van der Waals surface area contributed by atoms with Gasteiger partial charge in [0, 0.05) is 11.5 Å². The number of para-hydroxylation sites is 1. The van der Waals surface area contributed by atoms with Gasteiger partial charge in [-0.3, -0.25) is 9.89 Å². The number of aromatic nitrogens is 4. The highest BCUT2D eigenvalue weighted by Crippen LogP contribution is 2.27. The topological polar surface area (TPSA) is 110 Å². The van der Waals surface area contributed by atoms with E-state index in [4.69, 9.17) is 0 Å². The maximum absolute atomic E-state index is 12.6. The maximum atomic E-state index is 12.6. The monoisotopic (exact) mass is 359 g/mol. The third kappa shape index (κ3) is 2.91. The average molecular weight is 359 g/mol. The Kier molecular flexibility index (Phi) is 3.60. The van der Waals surface area contributed by atoms with E-state index < -0.39 is 9.84 Å². The van der Waals surface area contributed by atoms with Crippen LogP contribution < -0.4 is 5.32 Å². The van der Waals surface area contributed by atoms with Crippen molar-refractivity contribution in [1.82, 2.24) is 20.0 Å². The second-order valence-electron chi connectivity index (χ2n) is 6.24. The van der Waals surface area contributed by atoms with Crippen LogP contribution in [0.25, 0.3) is 10.9 Å². The summed E-state index contributed by atoms with van der Waals surface area (Å²) in [6.07, 6.45) is 0.498. The van der Waals surface area contributed by atoms with Gasteiger partial charge in [0.1, 0.15) is 5.82 Å². The molecule has 1 amide bonds. The van der Waals surface area contributed by atoms with Crippen LogP contribution in [0.4, 0.5) is 5.82 Å². The third-order valence-corrected chi connectivity index (χ3v) is 6.09. The Balaban J connectivity index is 1.64. The van der Waals surface area contributed by atoms with Gasteiger partial charge in [0.05, 0.1) is 28.8 Å². The Morgan fingerprint density at radius 1 is 1.36 bits per heavy atom. The van der Waals surface area contributed by atoms with Gasteiger partial charge in [-0.05, 0) is 19.4 Å². The first kappa shape index (κ1) is 15.8. The van der Waals surface area contributed by atoms with Crippen LogP contribution in [-0.4, -0.2) is 45.8 Å². The van der Waals surface area contributed by atoms with Crippen molar-refractivity contribution in [3.63, 3.8) is 0 Å². The number of aryl methyl sites for hydroxylation is 1. The Bertz CT molecular complexity index is 1070. The molecule has 4 rings (SSSR count). The molecule has 130 valence electrons. The largest absolute Gasteiger partial charge is 0.305 e. The second-order valence-corrected chi connectivity index (χ2v) is 8.47. The molecule has 3 aromatic rings. The minimum Gasteiger partial charge on any atom is -0.305 e. The molecule has 3 heterocycles. The van der Waals surface area contributed by atoms with Crippen LogP contribution in [-0.2, 0) is 9.84 Å². The molecular weight excluding hydrogens is 342 g/mol. The van der Waals surface area contributed by atoms with E-state index >= 15 is 0 Å². The zero-order chi connectivity index (χ0) is 17.6. The minimum atomic E-state index is -3.04. The molecule has 8 nitrogen and oxygen atoms in total.